The van der Waals surface area contributed by atoms with Crippen LogP contribution in [0.3, 0.4) is 0 Å². The zero-order valence-electron chi connectivity index (χ0n) is 13.9. The highest BCUT2D eigenvalue weighted by Crippen LogP contribution is 2.22. The summed E-state index contributed by atoms with van der Waals surface area (Å²) in [6.07, 6.45) is 1.96. The minimum absolute atomic E-state index is 0.159. The number of piperidine rings is 1. The molecule has 122 valence electrons. The number of likely N-dealkylation sites (N-methyl/N-ethyl adjacent to an activating group) is 1. The average molecular weight is 299 g/mol. The Morgan fingerprint density at radius 1 is 1.24 bits per heavy atom. The molecule has 1 saturated heterocycles. The molecule has 0 aromatic heterocycles. The van der Waals surface area contributed by atoms with Gasteiger partial charge in [-0.2, -0.15) is 0 Å². The van der Waals surface area contributed by atoms with Gasteiger partial charge in [-0.1, -0.05) is 0 Å². The van der Waals surface area contributed by atoms with E-state index in [1.807, 2.05) is 6.92 Å². The third kappa shape index (κ3) is 4.33. The first-order valence-electron chi connectivity index (χ1n) is 7.64. The predicted molar refractivity (Wildman–Crippen MR) is 82.3 cm³/mol. The zero-order chi connectivity index (χ0) is 16.2. The fourth-order valence-corrected chi connectivity index (χ4v) is 2.88. The Morgan fingerprint density at radius 3 is 2.14 bits per heavy atom. The van der Waals surface area contributed by atoms with Crippen LogP contribution in [0.15, 0.2) is 0 Å². The van der Waals surface area contributed by atoms with Crippen molar-refractivity contribution in [1.82, 2.24) is 14.7 Å². The van der Waals surface area contributed by atoms with Gasteiger partial charge in [-0.05, 0) is 53.6 Å². The average Bonchev–Trinajstić information content (AvgIpc) is 2.39. The first kappa shape index (κ1) is 17.8. The molecule has 0 atom stereocenters. The summed E-state index contributed by atoms with van der Waals surface area (Å²) >= 11 is 0. The number of carbonyl (C=O) groups is 2. The summed E-state index contributed by atoms with van der Waals surface area (Å²) < 4.78 is 0. The lowest BCUT2D eigenvalue weighted by Gasteiger charge is -2.40. The SMILES string of the molecule is CCN(C(=O)N1CCC(CN(C)C)CC1)C(C)(C)C(=O)O. The van der Waals surface area contributed by atoms with E-state index < -0.39 is 11.5 Å². The number of hydrogen-bond acceptors (Lipinski definition) is 3. The van der Waals surface area contributed by atoms with Gasteiger partial charge in [-0.15, -0.1) is 0 Å². The summed E-state index contributed by atoms with van der Waals surface area (Å²) in [4.78, 5) is 29.4. The molecule has 0 radical (unpaired) electrons. The van der Waals surface area contributed by atoms with Crippen LogP contribution in [0.1, 0.15) is 33.6 Å². The number of carbonyl (C=O) groups excluding carboxylic acids is 1. The molecule has 1 aliphatic rings. The van der Waals surface area contributed by atoms with Crippen molar-refractivity contribution in [2.45, 2.75) is 39.2 Å². The van der Waals surface area contributed by atoms with Crippen molar-refractivity contribution in [3.05, 3.63) is 0 Å². The maximum Gasteiger partial charge on any atom is 0.329 e. The van der Waals surface area contributed by atoms with Gasteiger partial charge in [0.15, 0.2) is 0 Å². The number of rotatable bonds is 5. The van der Waals surface area contributed by atoms with Crippen molar-refractivity contribution in [2.75, 3.05) is 40.3 Å². The molecule has 2 amide bonds. The molecule has 0 aromatic carbocycles. The lowest BCUT2D eigenvalue weighted by Crippen LogP contribution is -2.58. The van der Waals surface area contributed by atoms with Crippen LogP contribution < -0.4 is 0 Å². The number of hydrogen-bond donors (Lipinski definition) is 1. The molecular weight excluding hydrogens is 270 g/mol. The molecule has 1 aliphatic heterocycles. The van der Waals surface area contributed by atoms with Crippen molar-refractivity contribution >= 4 is 12.0 Å². The number of carboxylic acids is 1. The van der Waals surface area contributed by atoms with Gasteiger partial charge in [0.1, 0.15) is 5.54 Å². The first-order chi connectivity index (χ1) is 9.70. The molecular formula is C15H29N3O3. The molecule has 6 heteroatoms. The van der Waals surface area contributed by atoms with E-state index in [-0.39, 0.29) is 6.03 Å². The van der Waals surface area contributed by atoms with Crippen molar-refractivity contribution in [3.8, 4) is 0 Å². The number of urea groups is 1. The quantitative estimate of drug-likeness (QED) is 0.837. The van der Waals surface area contributed by atoms with E-state index in [1.165, 1.54) is 4.90 Å². The molecule has 6 nitrogen and oxygen atoms in total. The normalized spacial score (nSPS) is 17.1. The van der Waals surface area contributed by atoms with Crippen molar-refractivity contribution in [1.29, 1.82) is 0 Å². The maximum absolute atomic E-state index is 12.6. The van der Waals surface area contributed by atoms with E-state index in [2.05, 4.69) is 19.0 Å². The van der Waals surface area contributed by atoms with E-state index in [0.717, 1.165) is 19.4 Å². The summed E-state index contributed by atoms with van der Waals surface area (Å²) in [5.41, 5.74) is -1.17. The van der Waals surface area contributed by atoms with Gasteiger partial charge in [0.25, 0.3) is 0 Å². The molecule has 1 N–H and O–H groups in total. The summed E-state index contributed by atoms with van der Waals surface area (Å²) in [5, 5.41) is 9.31. The first-order valence-corrected chi connectivity index (χ1v) is 7.64. The Balaban J connectivity index is 2.65. The van der Waals surface area contributed by atoms with Crippen molar-refractivity contribution in [3.63, 3.8) is 0 Å². The second kappa shape index (κ2) is 7.11. The Kier molecular flexibility index (Phi) is 6.01. The highest BCUT2D eigenvalue weighted by molar-refractivity contribution is 5.85. The number of likely N-dealkylation sites (tertiary alicyclic amines) is 1. The van der Waals surface area contributed by atoms with Crippen molar-refractivity contribution < 1.29 is 14.7 Å². The highest BCUT2D eigenvalue weighted by Gasteiger charge is 2.39. The van der Waals surface area contributed by atoms with E-state index >= 15 is 0 Å². The van der Waals surface area contributed by atoms with E-state index in [1.54, 1.807) is 18.7 Å². The minimum Gasteiger partial charge on any atom is -0.480 e. The van der Waals surface area contributed by atoms with Crippen LogP contribution in [0.5, 0.6) is 0 Å². The smallest absolute Gasteiger partial charge is 0.329 e. The fraction of sp³-hybridized carbons (Fsp3) is 0.867. The fourth-order valence-electron chi connectivity index (χ4n) is 2.88. The monoisotopic (exact) mass is 299 g/mol. The maximum atomic E-state index is 12.6. The largest absolute Gasteiger partial charge is 0.480 e. The second-order valence-corrected chi connectivity index (χ2v) is 6.58. The molecule has 0 saturated carbocycles. The molecule has 0 aliphatic carbocycles. The molecule has 1 heterocycles. The number of carboxylic acid groups (broad SMARTS) is 1. The van der Waals surface area contributed by atoms with Crippen LogP contribution in [0.4, 0.5) is 4.79 Å². The lowest BCUT2D eigenvalue weighted by molar-refractivity contribution is -0.147. The van der Waals surface area contributed by atoms with Crippen LogP contribution in [0.25, 0.3) is 0 Å². The van der Waals surface area contributed by atoms with E-state index in [0.29, 0.717) is 25.6 Å². The number of nitrogens with zero attached hydrogens (tertiary/aromatic N) is 3. The van der Waals surface area contributed by atoms with Gasteiger partial charge in [-0.3, -0.25) is 0 Å². The van der Waals surface area contributed by atoms with Gasteiger partial charge in [0, 0.05) is 26.2 Å². The standard InChI is InChI=1S/C15H29N3O3/c1-6-18(15(2,3)13(19)20)14(21)17-9-7-12(8-10-17)11-16(4)5/h12H,6-11H2,1-5H3,(H,19,20). The highest BCUT2D eigenvalue weighted by atomic mass is 16.4. The van der Waals surface area contributed by atoms with Gasteiger partial charge in [-0.25, -0.2) is 9.59 Å². The Bertz CT molecular complexity index is 374. The van der Waals surface area contributed by atoms with Gasteiger partial charge < -0.3 is 19.8 Å². The third-order valence-corrected chi connectivity index (χ3v) is 4.25. The van der Waals surface area contributed by atoms with Crippen LogP contribution in [0, 0.1) is 5.92 Å². The Labute approximate surface area is 127 Å². The topological polar surface area (TPSA) is 64.1 Å². The van der Waals surface area contributed by atoms with Crippen LogP contribution >= 0.6 is 0 Å². The Morgan fingerprint density at radius 2 is 1.76 bits per heavy atom. The van der Waals surface area contributed by atoms with Gasteiger partial charge in [0.05, 0.1) is 0 Å². The van der Waals surface area contributed by atoms with Gasteiger partial charge in [0.2, 0.25) is 0 Å². The summed E-state index contributed by atoms with van der Waals surface area (Å²) in [5.74, 6) is -0.355. The number of aliphatic carboxylic acids is 1. The molecule has 1 rings (SSSR count). The molecule has 0 unspecified atom stereocenters. The third-order valence-electron chi connectivity index (χ3n) is 4.25. The molecule has 0 aromatic rings. The summed E-state index contributed by atoms with van der Waals surface area (Å²) in [6, 6.07) is -0.159. The van der Waals surface area contributed by atoms with E-state index in [4.69, 9.17) is 0 Å². The van der Waals surface area contributed by atoms with Crippen LogP contribution in [-0.4, -0.2) is 77.6 Å². The van der Waals surface area contributed by atoms with E-state index in [9.17, 15) is 14.7 Å². The predicted octanol–water partition coefficient (Wildman–Crippen LogP) is 1.57. The Hall–Kier alpha value is -1.30. The van der Waals surface area contributed by atoms with Gasteiger partial charge >= 0.3 is 12.0 Å². The molecule has 1 fully saturated rings. The molecule has 0 bridgehead atoms. The van der Waals surface area contributed by atoms with Crippen LogP contribution in [-0.2, 0) is 4.79 Å². The van der Waals surface area contributed by atoms with Crippen LogP contribution in [0.2, 0.25) is 0 Å². The van der Waals surface area contributed by atoms with Crippen molar-refractivity contribution in [2.24, 2.45) is 5.92 Å². The minimum atomic E-state index is -1.17. The molecule has 0 spiro atoms. The zero-order valence-corrected chi connectivity index (χ0v) is 13.9. The summed E-state index contributed by atoms with van der Waals surface area (Å²) in [7, 11) is 4.12. The second-order valence-electron chi connectivity index (χ2n) is 6.58. The molecule has 21 heavy (non-hydrogen) atoms. The summed E-state index contributed by atoms with van der Waals surface area (Å²) in [6.45, 7) is 7.84. The number of amides is 2. The lowest BCUT2D eigenvalue weighted by atomic mass is 9.96.